The average Bonchev–Trinajstić information content (AvgIpc) is 2.75. The zero-order chi connectivity index (χ0) is 12.5. The van der Waals surface area contributed by atoms with Crippen LogP contribution < -0.4 is 5.32 Å². The summed E-state index contributed by atoms with van der Waals surface area (Å²) >= 11 is 0. The van der Waals surface area contributed by atoms with Crippen molar-refractivity contribution >= 4 is 5.91 Å². The Morgan fingerprint density at radius 3 is 2.82 bits per heavy atom. The molecular weight excluding hydrogens is 214 g/mol. The van der Waals surface area contributed by atoms with Crippen LogP contribution in [0.1, 0.15) is 39.5 Å². The summed E-state index contributed by atoms with van der Waals surface area (Å²) in [6.07, 6.45) is 9.57. The van der Waals surface area contributed by atoms with Crippen molar-refractivity contribution < 1.29 is 4.79 Å². The molecule has 96 valence electrons. The Hall–Kier alpha value is -1.32. The van der Waals surface area contributed by atoms with E-state index in [1.165, 1.54) is 0 Å². The Morgan fingerprint density at radius 2 is 2.18 bits per heavy atom. The molecule has 0 aliphatic rings. The maximum atomic E-state index is 11.3. The SMILES string of the molecule is CC(C)CC(=O)NCCCCCn1ccnc1. The normalized spacial score (nSPS) is 10.8. The van der Waals surface area contributed by atoms with Gasteiger partial charge in [-0.1, -0.05) is 13.8 Å². The van der Waals surface area contributed by atoms with Gasteiger partial charge >= 0.3 is 0 Å². The van der Waals surface area contributed by atoms with Crippen molar-refractivity contribution in [3.63, 3.8) is 0 Å². The minimum Gasteiger partial charge on any atom is -0.356 e. The Bertz CT molecular complexity index is 306. The minimum atomic E-state index is 0.176. The molecule has 0 fully saturated rings. The molecule has 4 heteroatoms. The van der Waals surface area contributed by atoms with Crippen LogP contribution in [0.15, 0.2) is 18.7 Å². The molecule has 0 aliphatic heterocycles. The monoisotopic (exact) mass is 237 g/mol. The molecule has 1 N–H and O–H groups in total. The van der Waals surface area contributed by atoms with E-state index in [2.05, 4.69) is 28.7 Å². The lowest BCUT2D eigenvalue weighted by molar-refractivity contribution is -0.121. The van der Waals surface area contributed by atoms with Crippen molar-refractivity contribution in [2.75, 3.05) is 6.54 Å². The van der Waals surface area contributed by atoms with E-state index in [9.17, 15) is 4.79 Å². The largest absolute Gasteiger partial charge is 0.356 e. The van der Waals surface area contributed by atoms with Crippen molar-refractivity contribution in [3.8, 4) is 0 Å². The molecule has 0 bridgehead atoms. The number of unbranched alkanes of at least 4 members (excludes halogenated alkanes) is 2. The Labute approximate surface area is 103 Å². The second-order valence-electron chi connectivity index (χ2n) is 4.81. The highest BCUT2D eigenvalue weighted by molar-refractivity contribution is 5.75. The number of nitrogens with one attached hydrogen (secondary N) is 1. The van der Waals surface area contributed by atoms with Crippen LogP contribution in [0.25, 0.3) is 0 Å². The van der Waals surface area contributed by atoms with E-state index in [1.807, 2.05) is 12.5 Å². The molecule has 1 heterocycles. The summed E-state index contributed by atoms with van der Waals surface area (Å²) in [4.78, 5) is 15.3. The predicted molar refractivity (Wildman–Crippen MR) is 68.5 cm³/mol. The summed E-state index contributed by atoms with van der Waals surface area (Å²) in [6, 6.07) is 0. The summed E-state index contributed by atoms with van der Waals surface area (Å²) in [5.74, 6) is 0.617. The highest BCUT2D eigenvalue weighted by atomic mass is 16.1. The molecule has 1 aromatic rings. The number of hydrogen-bond donors (Lipinski definition) is 1. The van der Waals surface area contributed by atoms with Crippen LogP contribution >= 0.6 is 0 Å². The quantitative estimate of drug-likeness (QED) is 0.705. The minimum absolute atomic E-state index is 0.176. The third-order valence-corrected chi connectivity index (χ3v) is 2.57. The highest BCUT2D eigenvalue weighted by Crippen LogP contribution is 2.00. The third-order valence-electron chi connectivity index (χ3n) is 2.57. The number of hydrogen-bond acceptors (Lipinski definition) is 2. The Morgan fingerprint density at radius 1 is 1.35 bits per heavy atom. The molecule has 1 amide bonds. The summed E-state index contributed by atoms with van der Waals surface area (Å²) in [6.45, 7) is 5.94. The fourth-order valence-electron chi connectivity index (χ4n) is 1.69. The van der Waals surface area contributed by atoms with Gasteiger partial charge in [-0.25, -0.2) is 4.98 Å². The molecule has 0 aromatic carbocycles. The third kappa shape index (κ3) is 6.76. The zero-order valence-corrected chi connectivity index (χ0v) is 10.9. The van der Waals surface area contributed by atoms with Crippen molar-refractivity contribution in [2.24, 2.45) is 5.92 Å². The summed E-state index contributed by atoms with van der Waals surface area (Å²) in [7, 11) is 0. The molecule has 0 spiro atoms. The highest BCUT2D eigenvalue weighted by Gasteiger charge is 2.02. The molecule has 0 radical (unpaired) electrons. The van der Waals surface area contributed by atoms with Gasteiger partial charge in [-0.3, -0.25) is 4.79 Å². The fraction of sp³-hybridized carbons (Fsp3) is 0.692. The van der Waals surface area contributed by atoms with E-state index >= 15 is 0 Å². The van der Waals surface area contributed by atoms with Gasteiger partial charge in [-0.2, -0.15) is 0 Å². The fourth-order valence-corrected chi connectivity index (χ4v) is 1.69. The first kappa shape index (κ1) is 13.7. The number of carbonyl (C=O) groups excluding carboxylic acids is 1. The lowest BCUT2D eigenvalue weighted by Gasteiger charge is -2.07. The molecule has 1 aromatic heterocycles. The van der Waals surface area contributed by atoms with Crippen molar-refractivity contribution in [3.05, 3.63) is 18.7 Å². The number of rotatable bonds is 8. The number of carbonyl (C=O) groups is 1. The van der Waals surface area contributed by atoms with Gasteiger partial charge < -0.3 is 9.88 Å². The van der Waals surface area contributed by atoms with Gasteiger partial charge in [0.05, 0.1) is 6.33 Å². The van der Waals surface area contributed by atoms with E-state index in [1.54, 1.807) is 6.20 Å². The number of amides is 1. The molecule has 0 unspecified atom stereocenters. The van der Waals surface area contributed by atoms with E-state index in [4.69, 9.17) is 0 Å². The second-order valence-corrected chi connectivity index (χ2v) is 4.81. The van der Waals surface area contributed by atoms with Gasteiger partial charge in [0.25, 0.3) is 0 Å². The molecular formula is C13H23N3O. The molecule has 0 atom stereocenters. The number of imidazole rings is 1. The predicted octanol–water partition coefficient (Wildman–Crippen LogP) is 2.22. The maximum absolute atomic E-state index is 11.3. The standard InChI is InChI=1S/C13H23N3O/c1-12(2)10-13(17)15-6-4-3-5-8-16-9-7-14-11-16/h7,9,11-12H,3-6,8,10H2,1-2H3,(H,15,17). The van der Waals surface area contributed by atoms with E-state index in [-0.39, 0.29) is 5.91 Å². The average molecular weight is 237 g/mol. The van der Waals surface area contributed by atoms with Gasteiger partial charge in [0.2, 0.25) is 5.91 Å². The van der Waals surface area contributed by atoms with Gasteiger partial charge in [0.1, 0.15) is 0 Å². The summed E-state index contributed by atoms with van der Waals surface area (Å²) in [5, 5.41) is 2.95. The first-order valence-electron chi connectivity index (χ1n) is 6.41. The Kier molecular flexibility index (Phi) is 6.37. The smallest absolute Gasteiger partial charge is 0.220 e. The van der Waals surface area contributed by atoms with Gasteiger partial charge in [0, 0.05) is 31.9 Å². The van der Waals surface area contributed by atoms with Gasteiger partial charge in [-0.05, 0) is 25.2 Å². The van der Waals surface area contributed by atoms with Crippen LogP contribution in [0.3, 0.4) is 0 Å². The molecule has 1 rings (SSSR count). The summed E-state index contributed by atoms with van der Waals surface area (Å²) in [5.41, 5.74) is 0. The van der Waals surface area contributed by atoms with E-state index < -0.39 is 0 Å². The molecule has 0 aliphatic carbocycles. The summed E-state index contributed by atoms with van der Waals surface area (Å²) < 4.78 is 2.08. The van der Waals surface area contributed by atoms with Crippen LogP contribution in [-0.4, -0.2) is 22.0 Å². The van der Waals surface area contributed by atoms with Crippen LogP contribution in [0, 0.1) is 5.92 Å². The lowest BCUT2D eigenvalue weighted by Crippen LogP contribution is -2.25. The first-order chi connectivity index (χ1) is 8.18. The van der Waals surface area contributed by atoms with Gasteiger partial charge in [0.15, 0.2) is 0 Å². The molecule has 0 saturated heterocycles. The van der Waals surface area contributed by atoms with Crippen molar-refractivity contribution in [2.45, 2.75) is 46.1 Å². The number of nitrogens with zero attached hydrogens (tertiary/aromatic N) is 2. The number of aryl methyl sites for hydroxylation is 1. The Balaban J connectivity index is 1.92. The molecule has 4 nitrogen and oxygen atoms in total. The van der Waals surface area contributed by atoms with Crippen LogP contribution in [0.2, 0.25) is 0 Å². The van der Waals surface area contributed by atoms with E-state index in [0.29, 0.717) is 12.3 Å². The van der Waals surface area contributed by atoms with Crippen molar-refractivity contribution in [1.29, 1.82) is 0 Å². The molecule has 0 saturated carbocycles. The van der Waals surface area contributed by atoms with E-state index in [0.717, 1.165) is 32.4 Å². The van der Waals surface area contributed by atoms with Crippen molar-refractivity contribution in [1.82, 2.24) is 14.9 Å². The molecule has 17 heavy (non-hydrogen) atoms. The van der Waals surface area contributed by atoms with Crippen LogP contribution in [0.5, 0.6) is 0 Å². The van der Waals surface area contributed by atoms with Crippen LogP contribution in [-0.2, 0) is 11.3 Å². The first-order valence-corrected chi connectivity index (χ1v) is 6.41. The second kappa shape index (κ2) is 7.87. The maximum Gasteiger partial charge on any atom is 0.220 e. The zero-order valence-electron chi connectivity index (χ0n) is 10.9. The number of aromatic nitrogens is 2. The van der Waals surface area contributed by atoms with Crippen LogP contribution in [0.4, 0.5) is 0 Å². The lowest BCUT2D eigenvalue weighted by atomic mass is 10.1. The topological polar surface area (TPSA) is 46.9 Å². The van der Waals surface area contributed by atoms with Gasteiger partial charge in [-0.15, -0.1) is 0 Å².